The monoisotopic (exact) mass is 505 g/mol. The topological polar surface area (TPSA) is 63.9 Å². The van der Waals surface area contributed by atoms with Crippen molar-refractivity contribution >= 4 is 69.1 Å². The average molecular weight is 506 g/mol. The van der Waals surface area contributed by atoms with Crippen molar-refractivity contribution in [2.45, 2.75) is 26.3 Å². The maximum atomic E-state index is 13.3. The average Bonchev–Trinajstić information content (AvgIpc) is 3.05. The number of aromatic nitrogens is 2. The predicted molar refractivity (Wildman–Crippen MR) is 133 cm³/mol. The molecule has 1 atom stereocenters. The van der Waals surface area contributed by atoms with Gasteiger partial charge in [-0.1, -0.05) is 60.2 Å². The number of carbonyl (C=O) groups excluding carboxylic acids is 1. The van der Waals surface area contributed by atoms with Crippen LogP contribution in [0.4, 0.5) is 0 Å². The third-order valence-corrected chi connectivity index (χ3v) is 6.83. The van der Waals surface area contributed by atoms with Crippen LogP contribution in [-0.2, 0) is 4.79 Å². The molecule has 1 amide bonds. The van der Waals surface area contributed by atoms with Crippen LogP contribution in [0.5, 0.6) is 11.6 Å². The Morgan fingerprint density at radius 1 is 1.25 bits per heavy atom. The molecule has 32 heavy (non-hydrogen) atoms. The van der Waals surface area contributed by atoms with E-state index >= 15 is 0 Å². The van der Waals surface area contributed by atoms with E-state index in [1.807, 2.05) is 13.8 Å². The highest BCUT2D eigenvalue weighted by Gasteiger charge is 2.35. The van der Waals surface area contributed by atoms with Crippen LogP contribution >= 0.6 is 47.2 Å². The van der Waals surface area contributed by atoms with E-state index in [0.29, 0.717) is 19.9 Å². The lowest BCUT2D eigenvalue weighted by Gasteiger charge is -2.21. The van der Waals surface area contributed by atoms with Gasteiger partial charge < -0.3 is 4.74 Å². The van der Waals surface area contributed by atoms with Crippen molar-refractivity contribution in [2.75, 3.05) is 0 Å². The number of amides is 1. The summed E-state index contributed by atoms with van der Waals surface area (Å²) in [6.45, 7) is 3.91. The van der Waals surface area contributed by atoms with Gasteiger partial charge in [0.2, 0.25) is 5.88 Å². The molecule has 1 aliphatic heterocycles. The van der Waals surface area contributed by atoms with Gasteiger partial charge in [-0.2, -0.15) is 4.98 Å². The third-order valence-electron chi connectivity index (χ3n) is 4.97. The first-order valence-corrected chi connectivity index (χ1v) is 11.7. The predicted octanol–water partition coefficient (Wildman–Crippen LogP) is 5.79. The normalized spacial score (nSPS) is 16.2. The van der Waals surface area contributed by atoms with Crippen LogP contribution in [0.1, 0.15) is 25.8 Å². The Morgan fingerprint density at radius 3 is 2.75 bits per heavy atom. The molecule has 0 aliphatic carbocycles. The Labute approximate surface area is 203 Å². The zero-order valence-corrected chi connectivity index (χ0v) is 20.2. The number of thiocarbonyl (C=S) groups is 1. The summed E-state index contributed by atoms with van der Waals surface area (Å²) < 4.78 is 7.76. The van der Waals surface area contributed by atoms with Crippen molar-refractivity contribution in [1.29, 1.82) is 0 Å². The molecule has 10 heteroatoms. The number of ether oxygens (including phenoxy) is 1. The standard InChI is InChI=1S/C22H17Cl2N3O3S2/c1-3-12(2)27-21(29)17(32-22(27)31)11-14-19(30-16-8-7-13(23)10-15(16)24)25-18-6-4-5-9-26(18)20(14)28/h4-12H,3H2,1-2H3/b17-11+. The van der Waals surface area contributed by atoms with Crippen molar-refractivity contribution in [3.05, 3.63) is 73.5 Å². The van der Waals surface area contributed by atoms with Crippen LogP contribution in [0.2, 0.25) is 10.0 Å². The minimum atomic E-state index is -0.385. The van der Waals surface area contributed by atoms with Gasteiger partial charge in [-0.3, -0.25) is 18.9 Å². The van der Waals surface area contributed by atoms with E-state index < -0.39 is 0 Å². The number of thioether (sulfide) groups is 1. The SMILES string of the molecule is CCC(C)N1C(=O)/C(=C\c2c(Oc3ccc(Cl)cc3Cl)nc3ccccn3c2=O)SC1=S. The second kappa shape index (κ2) is 9.23. The zero-order valence-electron chi connectivity index (χ0n) is 17.0. The van der Waals surface area contributed by atoms with E-state index in [0.717, 1.165) is 18.2 Å². The van der Waals surface area contributed by atoms with Crippen molar-refractivity contribution in [3.63, 3.8) is 0 Å². The van der Waals surface area contributed by atoms with Gasteiger partial charge in [0.15, 0.2) is 0 Å². The van der Waals surface area contributed by atoms with Crippen molar-refractivity contribution in [2.24, 2.45) is 0 Å². The lowest BCUT2D eigenvalue weighted by molar-refractivity contribution is -0.123. The minimum Gasteiger partial charge on any atom is -0.437 e. The maximum Gasteiger partial charge on any atom is 0.269 e. The Morgan fingerprint density at radius 2 is 2.03 bits per heavy atom. The number of fused-ring (bicyclic) bond motifs is 1. The van der Waals surface area contributed by atoms with E-state index in [1.54, 1.807) is 41.4 Å². The van der Waals surface area contributed by atoms with Gasteiger partial charge in [-0.25, -0.2) is 0 Å². The number of rotatable bonds is 5. The molecule has 0 saturated carbocycles. The first-order chi connectivity index (χ1) is 15.3. The molecule has 3 heterocycles. The number of carbonyl (C=O) groups is 1. The van der Waals surface area contributed by atoms with Crippen molar-refractivity contribution < 1.29 is 9.53 Å². The quantitative estimate of drug-likeness (QED) is 0.322. The van der Waals surface area contributed by atoms with Gasteiger partial charge in [-0.15, -0.1) is 0 Å². The maximum absolute atomic E-state index is 13.3. The summed E-state index contributed by atoms with van der Waals surface area (Å²) >= 11 is 18.8. The first kappa shape index (κ1) is 22.8. The Kier molecular flexibility index (Phi) is 6.57. The summed E-state index contributed by atoms with van der Waals surface area (Å²) in [5.41, 5.74) is 0.121. The fraction of sp³-hybridized carbons (Fsp3) is 0.182. The first-order valence-electron chi connectivity index (χ1n) is 9.71. The molecular weight excluding hydrogens is 489 g/mol. The van der Waals surface area contributed by atoms with Crippen LogP contribution < -0.4 is 10.3 Å². The molecule has 4 rings (SSSR count). The molecule has 0 radical (unpaired) electrons. The Balaban J connectivity index is 1.86. The van der Waals surface area contributed by atoms with Crippen LogP contribution in [0.25, 0.3) is 11.7 Å². The Hall–Kier alpha value is -2.39. The largest absolute Gasteiger partial charge is 0.437 e. The van der Waals surface area contributed by atoms with Crippen LogP contribution in [0, 0.1) is 0 Å². The molecule has 0 bridgehead atoms. The molecule has 2 aromatic heterocycles. The fourth-order valence-corrected chi connectivity index (χ4v) is 5.01. The molecule has 1 fully saturated rings. The van der Waals surface area contributed by atoms with Crippen molar-refractivity contribution in [3.8, 4) is 11.6 Å². The van der Waals surface area contributed by atoms with Crippen LogP contribution in [-0.4, -0.2) is 30.6 Å². The zero-order chi connectivity index (χ0) is 23.0. The number of halogens is 2. The van der Waals surface area contributed by atoms with Crippen LogP contribution in [0.15, 0.2) is 52.3 Å². The molecule has 1 unspecified atom stereocenters. The highest BCUT2D eigenvalue weighted by atomic mass is 35.5. The fourth-order valence-electron chi connectivity index (χ4n) is 3.12. The van der Waals surface area contributed by atoms with Gasteiger partial charge >= 0.3 is 0 Å². The second-order valence-corrected chi connectivity index (χ2v) is 9.57. The van der Waals surface area contributed by atoms with Gasteiger partial charge in [0.25, 0.3) is 11.5 Å². The number of hydrogen-bond donors (Lipinski definition) is 0. The Bertz CT molecular complexity index is 1340. The smallest absolute Gasteiger partial charge is 0.269 e. The van der Waals surface area contributed by atoms with Crippen LogP contribution in [0.3, 0.4) is 0 Å². The van der Waals surface area contributed by atoms with E-state index in [9.17, 15) is 9.59 Å². The van der Waals surface area contributed by atoms with E-state index in [2.05, 4.69) is 4.98 Å². The lowest BCUT2D eigenvalue weighted by atomic mass is 10.2. The number of hydrogen-bond acceptors (Lipinski definition) is 6. The summed E-state index contributed by atoms with van der Waals surface area (Å²) in [5.74, 6) is 0.0617. The van der Waals surface area contributed by atoms with Crippen molar-refractivity contribution in [1.82, 2.24) is 14.3 Å². The molecule has 0 N–H and O–H groups in total. The lowest BCUT2D eigenvalue weighted by Crippen LogP contribution is -2.36. The van der Waals surface area contributed by atoms with E-state index in [-0.39, 0.29) is 39.7 Å². The summed E-state index contributed by atoms with van der Waals surface area (Å²) in [6, 6.07) is 9.86. The number of pyridine rings is 1. The summed E-state index contributed by atoms with van der Waals surface area (Å²) in [7, 11) is 0. The number of nitrogens with zero attached hydrogens (tertiary/aromatic N) is 3. The molecule has 6 nitrogen and oxygen atoms in total. The highest BCUT2D eigenvalue weighted by Crippen LogP contribution is 2.36. The molecule has 3 aromatic rings. The van der Waals surface area contributed by atoms with Gasteiger partial charge in [0.05, 0.1) is 9.93 Å². The highest BCUT2D eigenvalue weighted by molar-refractivity contribution is 8.26. The molecular formula is C22H17Cl2N3O3S2. The van der Waals surface area contributed by atoms with Gasteiger partial charge in [0, 0.05) is 17.3 Å². The summed E-state index contributed by atoms with van der Waals surface area (Å²) in [6.07, 6.45) is 3.84. The molecule has 0 spiro atoms. The molecule has 1 saturated heterocycles. The van der Waals surface area contributed by atoms with Gasteiger partial charge in [-0.05, 0) is 49.8 Å². The van der Waals surface area contributed by atoms with Gasteiger partial charge in [0.1, 0.15) is 21.3 Å². The van der Waals surface area contributed by atoms with E-state index in [4.69, 9.17) is 40.2 Å². The summed E-state index contributed by atoms with van der Waals surface area (Å²) in [4.78, 5) is 32.7. The minimum absolute atomic E-state index is 0.0271. The summed E-state index contributed by atoms with van der Waals surface area (Å²) in [5, 5.41) is 0.712. The number of benzene rings is 1. The molecule has 1 aliphatic rings. The second-order valence-electron chi connectivity index (χ2n) is 7.05. The molecule has 1 aromatic carbocycles. The molecule has 164 valence electrons. The van der Waals surface area contributed by atoms with E-state index in [1.165, 1.54) is 16.5 Å². The third kappa shape index (κ3) is 4.28.